The van der Waals surface area contributed by atoms with E-state index in [0.717, 1.165) is 77.0 Å². The zero-order valence-electron chi connectivity index (χ0n) is 34.5. The van der Waals surface area contributed by atoms with E-state index in [0.29, 0.717) is 24.7 Å². The zero-order valence-corrected chi connectivity index (χ0v) is 37.4. The van der Waals surface area contributed by atoms with E-state index in [2.05, 4.69) is 45.6 Å². The summed E-state index contributed by atoms with van der Waals surface area (Å²) in [7, 11) is 0. The summed E-state index contributed by atoms with van der Waals surface area (Å²) in [5, 5.41) is 30.5. The average molecular weight is 1060 g/mol. The molecule has 366 valence electrons. The molecular formula is C39H55F15N8OSn. The van der Waals surface area contributed by atoms with Crippen molar-refractivity contribution in [2.45, 2.75) is 191 Å². The van der Waals surface area contributed by atoms with Crippen LogP contribution in [-0.4, -0.2) is 113 Å². The van der Waals surface area contributed by atoms with E-state index in [1.165, 1.54) is 0 Å². The van der Waals surface area contributed by atoms with Gasteiger partial charge in [0.05, 0.1) is 0 Å². The van der Waals surface area contributed by atoms with Crippen molar-refractivity contribution in [1.82, 2.24) is 42.5 Å². The van der Waals surface area contributed by atoms with Crippen LogP contribution in [0, 0.1) is 47.3 Å². The molecule has 0 amide bonds. The summed E-state index contributed by atoms with van der Waals surface area (Å²) in [6.07, 6.45) is -3.08. The Bertz CT molecular complexity index is 1680. The number of fused-ring (bicyclic) bond motifs is 20. The third-order valence-corrected chi connectivity index (χ3v) is 20.4. The summed E-state index contributed by atoms with van der Waals surface area (Å²) in [5.74, 6) is -39.9. The summed E-state index contributed by atoms with van der Waals surface area (Å²) in [5.41, 5.74) is 0. The summed E-state index contributed by atoms with van der Waals surface area (Å²) in [6.45, 7) is 0. The zero-order chi connectivity index (χ0) is 46.0. The maximum absolute atomic E-state index is 15.2. The van der Waals surface area contributed by atoms with Crippen LogP contribution in [0.2, 0.25) is 3.93 Å². The van der Waals surface area contributed by atoms with E-state index in [1.807, 2.05) is 0 Å². The quantitative estimate of drug-likeness (QED) is 0.0969. The van der Waals surface area contributed by atoms with Crippen LogP contribution in [0.4, 0.5) is 65.9 Å². The molecule has 9 aliphatic rings. The molecule has 25 heteroatoms. The molecule has 5 aliphatic heterocycles. The Morgan fingerprint density at radius 1 is 0.312 bits per heavy atom. The molecule has 0 aromatic carbocycles. The van der Waals surface area contributed by atoms with Gasteiger partial charge in [-0.3, -0.25) is 0 Å². The second-order valence-electron chi connectivity index (χ2n) is 19.9. The minimum atomic E-state index is -8.34. The van der Waals surface area contributed by atoms with Crippen molar-refractivity contribution in [1.29, 1.82) is 0 Å². The van der Waals surface area contributed by atoms with Gasteiger partial charge in [0.15, 0.2) is 0 Å². The van der Waals surface area contributed by atoms with Crippen molar-refractivity contribution in [3.05, 3.63) is 0 Å². The molecule has 2 radical (unpaired) electrons. The van der Waals surface area contributed by atoms with Gasteiger partial charge in [-0.15, -0.1) is 0 Å². The molecule has 9 fully saturated rings. The first-order chi connectivity index (χ1) is 29.9. The Morgan fingerprint density at radius 2 is 0.594 bits per heavy atom. The van der Waals surface area contributed by atoms with Crippen molar-refractivity contribution in [2.24, 2.45) is 47.3 Å². The van der Waals surface area contributed by atoms with Crippen molar-refractivity contribution in [2.75, 3.05) is 0 Å². The van der Waals surface area contributed by atoms with E-state index in [-0.39, 0.29) is 73.0 Å². The van der Waals surface area contributed by atoms with Crippen LogP contribution in [-0.2, 0) is 3.07 Å². The summed E-state index contributed by atoms with van der Waals surface area (Å²) in [4.78, 5) is 0. The van der Waals surface area contributed by atoms with Crippen LogP contribution in [0.15, 0.2) is 0 Å². The van der Waals surface area contributed by atoms with Crippen LogP contribution >= 0.6 is 0 Å². The molecule has 4 aliphatic carbocycles. The predicted octanol–water partition coefficient (Wildman–Crippen LogP) is 6.97. The van der Waals surface area contributed by atoms with Gasteiger partial charge in [0.2, 0.25) is 0 Å². The maximum atomic E-state index is 15.2. The van der Waals surface area contributed by atoms with E-state index >= 15 is 8.78 Å². The molecule has 0 aromatic heterocycles. The normalized spacial score (nSPS) is 43.6. The molecular weight excluding hydrogens is 1000 g/mol. The first-order valence-electron chi connectivity index (χ1n) is 22.7. The van der Waals surface area contributed by atoms with Gasteiger partial charge in [0.25, 0.3) is 0 Å². The van der Waals surface area contributed by atoms with Crippen LogP contribution in [0.25, 0.3) is 0 Å². The van der Waals surface area contributed by atoms with Crippen LogP contribution in [0.5, 0.6) is 0 Å². The van der Waals surface area contributed by atoms with Gasteiger partial charge >= 0.3 is 365 Å². The monoisotopic (exact) mass is 1060 g/mol. The number of nitrogens with one attached hydrogen (secondary N) is 8. The SMILES string of the molecule is FC(F)(F)C(F)(F)C(F)(F)C(F)(F)C(F)(F)C(F)(F)C(F)(F)[O][Sn][CH]1CCCC2C3NC4NC(NC5NC(NC6NC(NC(N3)C12)C1CCCCC61)C1CCCCC51)C1CCCCC41. The first-order valence-corrected chi connectivity index (χ1v) is 25.6. The topological polar surface area (TPSA) is 105 Å². The number of hydrogen-bond acceptors (Lipinski definition) is 9. The van der Waals surface area contributed by atoms with Gasteiger partial charge in [-0.2, -0.15) is 0 Å². The summed E-state index contributed by atoms with van der Waals surface area (Å²) in [6, 6.07) is 0. The number of halogens is 15. The minimum absolute atomic E-state index is 0.0112. The fourth-order valence-electron chi connectivity index (χ4n) is 13.4. The third kappa shape index (κ3) is 7.71. The van der Waals surface area contributed by atoms with E-state index in [1.54, 1.807) is 0 Å². The number of rotatable bonds is 8. The van der Waals surface area contributed by atoms with E-state index < -0.39 is 85.6 Å². The Balaban J connectivity index is 0.995. The Hall–Kier alpha value is -0.611. The molecule has 0 spiro atoms. The molecule has 17 unspecified atom stereocenters. The van der Waals surface area contributed by atoms with Crippen LogP contribution in [0.3, 0.4) is 0 Å². The number of alkyl halides is 15. The van der Waals surface area contributed by atoms with Crippen molar-refractivity contribution >= 4 is 21.6 Å². The Morgan fingerprint density at radius 3 is 0.938 bits per heavy atom. The Labute approximate surface area is 370 Å². The standard InChI is InChI=1S/C32H55N8.C7F15O.Sn/c1-2-10-18-17(9-1)25-33-26(18)38-28-21-13-5-6-14-22(21)30(35-28)40-32-24-16-8-7-15-23(24)31(36-32)39-29-20-12-4-3-11-19(20)27(34-29)37-25;8-1(9,2(10,11)4(14,15)6(18,19)20)3(12,13)5(16,17)7(21,22)23;/h9,17-40H,1-8,10-16H2;;/q;-1;+1. The molecule has 0 aromatic rings. The summed E-state index contributed by atoms with van der Waals surface area (Å²) < 4.78 is 214. The Kier molecular flexibility index (Phi) is 12.9. The fraction of sp³-hybridized carbons (Fsp3) is 1.00. The average Bonchev–Trinajstić information content (AvgIpc) is 3.98. The van der Waals surface area contributed by atoms with Crippen molar-refractivity contribution in [3.63, 3.8) is 0 Å². The predicted molar refractivity (Wildman–Crippen MR) is 199 cm³/mol. The number of hydrogen-bond donors (Lipinski definition) is 8. The second kappa shape index (κ2) is 17.1. The molecule has 17 atom stereocenters. The molecule has 8 bridgehead atoms. The van der Waals surface area contributed by atoms with Crippen LogP contribution in [0.1, 0.15) is 96.3 Å². The molecule has 9 nitrogen and oxygen atoms in total. The van der Waals surface area contributed by atoms with Gasteiger partial charge in [-0.1, -0.05) is 6.42 Å². The van der Waals surface area contributed by atoms with Gasteiger partial charge in [-0.25, -0.2) is 0 Å². The van der Waals surface area contributed by atoms with Gasteiger partial charge < -0.3 is 0 Å². The molecule has 5 heterocycles. The third-order valence-electron chi connectivity index (χ3n) is 16.5. The molecule has 4 saturated carbocycles. The van der Waals surface area contributed by atoms with Crippen molar-refractivity contribution in [3.8, 4) is 0 Å². The van der Waals surface area contributed by atoms with E-state index in [9.17, 15) is 57.1 Å². The molecule has 9 rings (SSSR count). The van der Waals surface area contributed by atoms with Gasteiger partial charge in [-0.05, 0) is 0 Å². The first kappa shape index (κ1) is 48.4. The van der Waals surface area contributed by atoms with Gasteiger partial charge in [0.1, 0.15) is 0 Å². The van der Waals surface area contributed by atoms with Crippen LogP contribution < -0.4 is 42.5 Å². The molecule has 5 saturated heterocycles. The molecule has 64 heavy (non-hydrogen) atoms. The molecule has 8 N–H and O–H groups in total. The summed E-state index contributed by atoms with van der Waals surface area (Å²) >= 11 is -3.63. The second-order valence-corrected chi connectivity index (χ2v) is 23.2. The van der Waals surface area contributed by atoms with E-state index in [4.69, 9.17) is 0 Å². The van der Waals surface area contributed by atoms with Gasteiger partial charge in [0, 0.05) is 0 Å². The van der Waals surface area contributed by atoms with Crippen molar-refractivity contribution < 1.29 is 68.9 Å². The fourth-order valence-corrected chi connectivity index (χ4v) is 17.2.